The number of nitrogens with zero attached hydrogens (tertiary/aromatic N) is 5. The van der Waals surface area contributed by atoms with Crippen molar-refractivity contribution in [3.05, 3.63) is 58.4 Å². The van der Waals surface area contributed by atoms with Gasteiger partial charge in [0, 0.05) is 39.1 Å². The van der Waals surface area contributed by atoms with Gasteiger partial charge in [0.15, 0.2) is 5.65 Å². The number of likely N-dealkylation sites (tertiary alicyclic amines) is 1. The summed E-state index contributed by atoms with van der Waals surface area (Å²) in [5.74, 6) is -0.189. The van der Waals surface area contributed by atoms with Crippen LogP contribution in [0.5, 0.6) is 0 Å². The molecule has 7 nitrogen and oxygen atoms in total. The summed E-state index contributed by atoms with van der Waals surface area (Å²) in [7, 11) is 1.71. The van der Waals surface area contributed by atoms with E-state index in [1.54, 1.807) is 33.3 Å². The minimum absolute atomic E-state index is 0.00378. The number of carbonyl (C=O) groups excluding carboxylic acids is 1. The van der Waals surface area contributed by atoms with E-state index in [0.717, 1.165) is 17.6 Å². The number of piperidine rings is 1. The molecule has 0 atom stereocenters. The quantitative estimate of drug-likeness (QED) is 0.655. The predicted molar refractivity (Wildman–Crippen MR) is 103 cm³/mol. The number of hydrogen-bond donors (Lipinski definition) is 0. The van der Waals surface area contributed by atoms with E-state index in [2.05, 4.69) is 9.97 Å². The molecule has 0 aromatic carbocycles. The van der Waals surface area contributed by atoms with Gasteiger partial charge in [0.2, 0.25) is 0 Å². The largest absolute Gasteiger partial charge is 0.417 e. The number of imidazole rings is 1. The Hall–Kier alpha value is -3.17. The molecule has 0 bridgehead atoms. The van der Waals surface area contributed by atoms with Crippen LogP contribution in [0.2, 0.25) is 0 Å². The van der Waals surface area contributed by atoms with Crippen LogP contribution < -0.4 is 5.69 Å². The molecule has 3 aromatic rings. The van der Waals surface area contributed by atoms with Crippen LogP contribution in [0.15, 0.2) is 41.5 Å². The van der Waals surface area contributed by atoms with E-state index in [0.29, 0.717) is 44.3 Å². The first-order chi connectivity index (χ1) is 14.3. The SMILES string of the molecule is Cn1c(=O)n(CC2CCN(C(=O)c3ccc(C(F)(F)F)cn3)CC2)c2ncccc21. The van der Waals surface area contributed by atoms with Gasteiger partial charge in [0.1, 0.15) is 5.69 Å². The van der Waals surface area contributed by atoms with Crippen LogP contribution in [0.1, 0.15) is 28.9 Å². The van der Waals surface area contributed by atoms with Crippen LogP contribution in [0, 0.1) is 5.92 Å². The molecular weight excluding hydrogens is 399 g/mol. The number of fused-ring (bicyclic) bond motifs is 1. The lowest BCUT2D eigenvalue weighted by Crippen LogP contribution is -2.40. The zero-order valence-electron chi connectivity index (χ0n) is 16.3. The summed E-state index contributed by atoms with van der Waals surface area (Å²) in [6.45, 7) is 1.42. The van der Waals surface area contributed by atoms with Gasteiger partial charge in [0.05, 0.1) is 11.1 Å². The number of halogens is 3. The zero-order chi connectivity index (χ0) is 21.5. The van der Waals surface area contributed by atoms with Crippen molar-refractivity contribution < 1.29 is 18.0 Å². The Morgan fingerprint density at radius 3 is 2.53 bits per heavy atom. The Labute approximate surface area is 169 Å². The molecule has 1 aliphatic heterocycles. The number of pyridine rings is 2. The molecule has 0 saturated carbocycles. The number of alkyl halides is 3. The molecule has 30 heavy (non-hydrogen) atoms. The van der Waals surface area contributed by atoms with Crippen molar-refractivity contribution in [2.24, 2.45) is 13.0 Å². The number of rotatable bonds is 3. The van der Waals surface area contributed by atoms with Crippen LogP contribution >= 0.6 is 0 Å². The third-order valence-corrected chi connectivity index (χ3v) is 5.55. The van der Waals surface area contributed by atoms with E-state index < -0.39 is 11.7 Å². The van der Waals surface area contributed by atoms with E-state index in [4.69, 9.17) is 0 Å². The molecule has 0 aliphatic carbocycles. The molecule has 0 unspecified atom stereocenters. The van der Waals surface area contributed by atoms with E-state index in [1.165, 1.54) is 0 Å². The molecule has 3 aromatic heterocycles. The van der Waals surface area contributed by atoms with Crippen LogP contribution in [0.3, 0.4) is 0 Å². The number of hydrogen-bond acceptors (Lipinski definition) is 4. The molecule has 0 radical (unpaired) electrons. The van der Waals surface area contributed by atoms with Gasteiger partial charge >= 0.3 is 11.9 Å². The maximum atomic E-state index is 12.7. The van der Waals surface area contributed by atoms with Gasteiger partial charge in [-0.3, -0.25) is 18.9 Å². The second-order valence-corrected chi connectivity index (χ2v) is 7.46. The van der Waals surface area contributed by atoms with Gasteiger partial charge in [-0.25, -0.2) is 9.78 Å². The molecule has 10 heteroatoms. The second kappa shape index (κ2) is 7.58. The molecule has 1 fully saturated rings. The van der Waals surface area contributed by atoms with Crippen molar-refractivity contribution in [3.63, 3.8) is 0 Å². The fourth-order valence-corrected chi connectivity index (χ4v) is 3.82. The van der Waals surface area contributed by atoms with Crippen LogP contribution in [-0.2, 0) is 19.8 Å². The van der Waals surface area contributed by atoms with Crippen molar-refractivity contribution >= 4 is 17.1 Å². The lowest BCUT2D eigenvalue weighted by Gasteiger charge is -2.31. The first kappa shape index (κ1) is 20.1. The number of aromatic nitrogens is 4. The second-order valence-electron chi connectivity index (χ2n) is 7.46. The van der Waals surface area contributed by atoms with Gasteiger partial charge in [0.25, 0.3) is 5.91 Å². The van der Waals surface area contributed by atoms with Crippen molar-refractivity contribution in [1.29, 1.82) is 0 Å². The lowest BCUT2D eigenvalue weighted by atomic mass is 9.96. The number of carbonyl (C=O) groups is 1. The summed E-state index contributed by atoms with van der Waals surface area (Å²) in [4.78, 5) is 34.7. The first-order valence-electron chi connectivity index (χ1n) is 9.58. The van der Waals surface area contributed by atoms with Crippen molar-refractivity contribution in [2.75, 3.05) is 13.1 Å². The highest BCUT2D eigenvalue weighted by molar-refractivity contribution is 5.92. The van der Waals surface area contributed by atoms with E-state index in [1.807, 2.05) is 6.07 Å². The highest BCUT2D eigenvalue weighted by Crippen LogP contribution is 2.28. The Morgan fingerprint density at radius 1 is 1.17 bits per heavy atom. The van der Waals surface area contributed by atoms with E-state index in [-0.39, 0.29) is 23.2 Å². The highest BCUT2D eigenvalue weighted by Gasteiger charge is 2.31. The summed E-state index contributed by atoms with van der Waals surface area (Å²) < 4.78 is 41.2. The van der Waals surface area contributed by atoms with Gasteiger partial charge in [-0.1, -0.05) is 0 Å². The van der Waals surface area contributed by atoms with Crippen LogP contribution in [0.25, 0.3) is 11.2 Å². The van der Waals surface area contributed by atoms with E-state index in [9.17, 15) is 22.8 Å². The molecule has 158 valence electrons. The van der Waals surface area contributed by atoms with Gasteiger partial charge in [-0.05, 0) is 43.0 Å². The molecule has 1 aliphatic rings. The minimum Gasteiger partial charge on any atom is -0.337 e. The van der Waals surface area contributed by atoms with Crippen LogP contribution in [-0.4, -0.2) is 43.0 Å². The molecule has 4 heterocycles. The molecule has 0 N–H and O–H groups in total. The highest BCUT2D eigenvalue weighted by atomic mass is 19.4. The Balaban J connectivity index is 1.42. The summed E-state index contributed by atoms with van der Waals surface area (Å²) in [6, 6.07) is 5.61. The maximum absolute atomic E-state index is 12.7. The van der Waals surface area contributed by atoms with Crippen molar-refractivity contribution in [3.8, 4) is 0 Å². The fourth-order valence-electron chi connectivity index (χ4n) is 3.82. The maximum Gasteiger partial charge on any atom is 0.417 e. The van der Waals surface area contributed by atoms with Crippen molar-refractivity contribution in [1.82, 2.24) is 24.0 Å². The van der Waals surface area contributed by atoms with E-state index >= 15 is 0 Å². The fraction of sp³-hybridized carbons (Fsp3) is 0.400. The predicted octanol–water partition coefficient (Wildman–Crippen LogP) is 2.70. The summed E-state index contributed by atoms with van der Waals surface area (Å²) in [5, 5.41) is 0. The Morgan fingerprint density at radius 2 is 1.90 bits per heavy atom. The monoisotopic (exact) mass is 419 g/mol. The number of aryl methyl sites for hydroxylation is 1. The standard InChI is InChI=1S/C20H20F3N5O2/c1-26-16-3-2-8-24-17(16)28(19(26)30)12-13-6-9-27(10-7-13)18(29)15-5-4-14(11-25-15)20(21,22)23/h2-5,8,11,13H,6-7,9-10,12H2,1H3. The first-order valence-corrected chi connectivity index (χ1v) is 9.58. The summed E-state index contributed by atoms with van der Waals surface area (Å²) in [5.41, 5.74) is 0.389. The normalized spacial score (nSPS) is 15.7. The summed E-state index contributed by atoms with van der Waals surface area (Å²) >= 11 is 0. The Kier molecular flexibility index (Phi) is 5.08. The average Bonchev–Trinajstić information content (AvgIpc) is 2.98. The molecule has 1 amide bonds. The topological polar surface area (TPSA) is 73.0 Å². The minimum atomic E-state index is -4.48. The van der Waals surface area contributed by atoms with Gasteiger partial charge in [-0.2, -0.15) is 13.2 Å². The smallest absolute Gasteiger partial charge is 0.337 e. The third-order valence-electron chi connectivity index (χ3n) is 5.55. The molecule has 4 rings (SSSR count). The zero-order valence-corrected chi connectivity index (χ0v) is 16.3. The summed E-state index contributed by atoms with van der Waals surface area (Å²) in [6.07, 6.45) is -0.790. The van der Waals surface area contributed by atoms with Gasteiger partial charge in [-0.15, -0.1) is 0 Å². The Bertz CT molecular complexity index is 1130. The van der Waals surface area contributed by atoms with Crippen LogP contribution in [0.4, 0.5) is 13.2 Å². The van der Waals surface area contributed by atoms with Gasteiger partial charge < -0.3 is 4.90 Å². The molecule has 0 spiro atoms. The third kappa shape index (κ3) is 3.69. The molecular formula is C20H20F3N5O2. The average molecular weight is 419 g/mol. The molecule has 1 saturated heterocycles. The van der Waals surface area contributed by atoms with Crippen molar-refractivity contribution in [2.45, 2.75) is 25.6 Å². The number of amides is 1. The lowest BCUT2D eigenvalue weighted by molar-refractivity contribution is -0.137.